The number of carbonyl (C=O) groups is 1. The number of anilines is 1. The molecule has 0 spiro atoms. The van der Waals surface area contributed by atoms with Gasteiger partial charge in [0.2, 0.25) is 0 Å². The average Bonchev–Trinajstić information content (AvgIpc) is 2.83. The Morgan fingerprint density at radius 1 is 1.44 bits per heavy atom. The van der Waals surface area contributed by atoms with Crippen molar-refractivity contribution in [2.75, 3.05) is 5.32 Å². The first-order chi connectivity index (χ1) is 7.81. The summed E-state index contributed by atoms with van der Waals surface area (Å²) in [4.78, 5) is 18.4. The quantitative estimate of drug-likeness (QED) is 0.824. The minimum atomic E-state index is -0.217. The molecule has 0 aliphatic rings. The molecule has 0 aliphatic heterocycles. The summed E-state index contributed by atoms with van der Waals surface area (Å²) in [6, 6.07) is 7.75. The lowest BCUT2D eigenvalue weighted by atomic mass is 10.1. The van der Waals surface area contributed by atoms with E-state index in [-0.39, 0.29) is 5.91 Å². The number of nitrogens with zero attached hydrogens (tertiary/aromatic N) is 1. The Kier molecular flexibility index (Phi) is 3.00. The Balaban J connectivity index is 2.18. The summed E-state index contributed by atoms with van der Waals surface area (Å²) >= 11 is 0. The van der Waals surface area contributed by atoms with Crippen LogP contribution < -0.4 is 5.32 Å². The molecule has 0 saturated heterocycles. The molecule has 82 valence electrons. The second-order valence-corrected chi connectivity index (χ2v) is 3.40. The third-order valence-electron chi connectivity index (χ3n) is 2.36. The molecule has 1 heterocycles. The first-order valence-electron chi connectivity index (χ1n) is 5.20. The zero-order chi connectivity index (χ0) is 11.4. The summed E-state index contributed by atoms with van der Waals surface area (Å²) in [6.07, 6.45) is 4.07. The van der Waals surface area contributed by atoms with Gasteiger partial charge in [0.1, 0.15) is 0 Å². The first-order valence-corrected chi connectivity index (χ1v) is 5.20. The number of amides is 1. The van der Waals surface area contributed by atoms with Gasteiger partial charge in [-0.25, -0.2) is 4.98 Å². The molecule has 1 aromatic carbocycles. The standard InChI is InChI=1S/C12H13N3O/c1-2-9-5-3-4-6-10(9)15-12(16)11-13-7-8-14-11/h3-8H,2H2,1H3,(H,13,14)(H,15,16). The summed E-state index contributed by atoms with van der Waals surface area (Å²) < 4.78 is 0. The van der Waals surface area contributed by atoms with Crippen molar-refractivity contribution in [2.45, 2.75) is 13.3 Å². The van der Waals surface area contributed by atoms with Crippen molar-refractivity contribution in [3.05, 3.63) is 48.0 Å². The third-order valence-corrected chi connectivity index (χ3v) is 2.36. The number of nitrogens with one attached hydrogen (secondary N) is 2. The van der Waals surface area contributed by atoms with E-state index in [4.69, 9.17) is 0 Å². The number of hydrogen-bond acceptors (Lipinski definition) is 2. The predicted molar refractivity (Wildman–Crippen MR) is 62.4 cm³/mol. The molecule has 0 unspecified atom stereocenters. The van der Waals surface area contributed by atoms with E-state index in [0.717, 1.165) is 17.7 Å². The van der Waals surface area contributed by atoms with Crippen molar-refractivity contribution in [1.29, 1.82) is 0 Å². The minimum Gasteiger partial charge on any atom is -0.341 e. The normalized spacial score (nSPS) is 10.1. The van der Waals surface area contributed by atoms with Gasteiger partial charge in [0.25, 0.3) is 5.91 Å². The number of benzene rings is 1. The van der Waals surface area contributed by atoms with Crippen molar-refractivity contribution in [1.82, 2.24) is 9.97 Å². The van der Waals surface area contributed by atoms with Crippen LogP contribution in [0.3, 0.4) is 0 Å². The second kappa shape index (κ2) is 4.61. The van der Waals surface area contributed by atoms with Crippen LogP contribution in [0, 0.1) is 0 Å². The number of carbonyl (C=O) groups excluding carboxylic acids is 1. The molecule has 0 atom stereocenters. The smallest absolute Gasteiger partial charge is 0.291 e. The van der Waals surface area contributed by atoms with Crippen molar-refractivity contribution in [3.8, 4) is 0 Å². The zero-order valence-corrected chi connectivity index (χ0v) is 9.03. The van der Waals surface area contributed by atoms with Crippen LogP contribution in [0.5, 0.6) is 0 Å². The fraction of sp³-hybridized carbons (Fsp3) is 0.167. The predicted octanol–water partition coefficient (Wildman–Crippen LogP) is 2.22. The number of aromatic nitrogens is 2. The molecule has 0 aliphatic carbocycles. The van der Waals surface area contributed by atoms with Gasteiger partial charge in [-0.3, -0.25) is 4.79 Å². The highest BCUT2D eigenvalue weighted by Crippen LogP contribution is 2.15. The SMILES string of the molecule is CCc1ccccc1NC(=O)c1ncc[nH]1. The number of hydrogen-bond donors (Lipinski definition) is 2. The van der Waals surface area contributed by atoms with E-state index in [1.165, 1.54) is 0 Å². The van der Waals surface area contributed by atoms with E-state index >= 15 is 0 Å². The van der Waals surface area contributed by atoms with Crippen molar-refractivity contribution in [3.63, 3.8) is 0 Å². The summed E-state index contributed by atoms with van der Waals surface area (Å²) in [5.74, 6) is 0.108. The van der Waals surface area contributed by atoms with Gasteiger partial charge in [-0.05, 0) is 18.1 Å². The fourth-order valence-corrected chi connectivity index (χ4v) is 1.52. The van der Waals surface area contributed by atoms with Crippen LogP contribution in [-0.4, -0.2) is 15.9 Å². The average molecular weight is 215 g/mol. The summed E-state index contributed by atoms with van der Waals surface area (Å²) in [5, 5.41) is 2.83. The van der Waals surface area contributed by atoms with Crippen molar-refractivity contribution in [2.24, 2.45) is 0 Å². The van der Waals surface area contributed by atoms with Gasteiger partial charge in [0.15, 0.2) is 5.82 Å². The fourth-order valence-electron chi connectivity index (χ4n) is 1.52. The molecular formula is C12H13N3O. The van der Waals surface area contributed by atoms with Crippen LogP contribution in [0.1, 0.15) is 23.1 Å². The molecule has 4 nitrogen and oxygen atoms in total. The monoisotopic (exact) mass is 215 g/mol. The highest BCUT2D eigenvalue weighted by atomic mass is 16.2. The van der Waals surface area contributed by atoms with Crippen LogP contribution in [0.25, 0.3) is 0 Å². The van der Waals surface area contributed by atoms with Crippen molar-refractivity contribution >= 4 is 11.6 Å². The Morgan fingerprint density at radius 3 is 2.94 bits per heavy atom. The van der Waals surface area contributed by atoms with E-state index in [2.05, 4.69) is 22.2 Å². The molecule has 16 heavy (non-hydrogen) atoms. The highest BCUT2D eigenvalue weighted by molar-refractivity contribution is 6.01. The molecule has 1 aromatic heterocycles. The number of rotatable bonds is 3. The molecule has 2 N–H and O–H groups in total. The largest absolute Gasteiger partial charge is 0.341 e. The zero-order valence-electron chi connectivity index (χ0n) is 9.03. The molecule has 4 heteroatoms. The van der Waals surface area contributed by atoms with Crippen LogP contribution in [0.4, 0.5) is 5.69 Å². The summed E-state index contributed by atoms with van der Waals surface area (Å²) in [6.45, 7) is 2.05. The summed E-state index contributed by atoms with van der Waals surface area (Å²) in [7, 11) is 0. The maximum atomic E-state index is 11.7. The van der Waals surface area contributed by atoms with Gasteiger partial charge in [-0.2, -0.15) is 0 Å². The number of para-hydroxylation sites is 1. The molecule has 0 saturated carbocycles. The lowest BCUT2D eigenvalue weighted by molar-refractivity contribution is 0.101. The topological polar surface area (TPSA) is 57.8 Å². The second-order valence-electron chi connectivity index (χ2n) is 3.40. The Labute approximate surface area is 93.7 Å². The van der Waals surface area contributed by atoms with E-state index < -0.39 is 0 Å². The van der Waals surface area contributed by atoms with Gasteiger partial charge in [-0.1, -0.05) is 25.1 Å². The molecule has 2 rings (SSSR count). The molecule has 0 fully saturated rings. The van der Waals surface area contributed by atoms with Crippen molar-refractivity contribution < 1.29 is 4.79 Å². The lowest BCUT2D eigenvalue weighted by Crippen LogP contribution is -2.14. The maximum absolute atomic E-state index is 11.7. The van der Waals surface area contributed by atoms with Gasteiger partial charge in [0, 0.05) is 18.1 Å². The molecule has 0 bridgehead atoms. The molecular weight excluding hydrogens is 202 g/mol. The van der Waals surface area contributed by atoms with E-state index in [9.17, 15) is 4.79 Å². The Hall–Kier alpha value is -2.10. The maximum Gasteiger partial charge on any atom is 0.291 e. The summed E-state index contributed by atoms with van der Waals surface area (Å²) in [5.41, 5.74) is 1.95. The number of H-pyrrole nitrogens is 1. The molecule has 0 radical (unpaired) electrons. The Bertz CT molecular complexity index is 477. The lowest BCUT2D eigenvalue weighted by Gasteiger charge is -2.07. The van der Waals surface area contributed by atoms with Crippen LogP contribution >= 0.6 is 0 Å². The van der Waals surface area contributed by atoms with Gasteiger partial charge in [0.05, 0.1) is 0 Å². The molecule has 1 amide bonds. The first kappa shape index (κ1) is 10.4. The van der Waals surface area contributed by atoms with Gasteiger partial charge in [-0.15, -0.1) is 0 Å². The third kappa shape index (κ3) is 2.11. The van der Waals surface area contributed by atoms with Crippen LogP contribution in [0.15, 0.2) is 36.7 Å². The van der Waals surface area contributed by atoms with Gasteiger partial charge < -0.3 is 10.3 Å². The molecule has 2 aromatic rings. The van der Waals surface area contributed by atoms with E-state index in [1.807, 2.05) is 24.3 Å². The van der Waals surface area contributed by atoms with E-state index in [1.54, 1.807) is 12.4 Å². The van der Waals surface area contributed by atoms with Gasteiger partial charge >= 0.3 is 0 Å². The van der Waals surface area contributed by atoms with Crippen LogP contribution in [-0.2, 0) is 6.42 Å². The number of imidazole rings is 1. The minimum absolute atomic E-state index is 0.217. The number of aromatic amines is 1. The van der Waals surface area contributed by atoms with Crippen LogP contribution in [0.2, 0.25) is 0 Å². The Morgan fingerprint density at radius 2 is 2.25 bits per heavy atom. The van der Waals surface area contributed by atoms with E-state index in [0.29, 0.717) is 5.82 Å². The highest BCUT2D eigenvalue weighted by Gasteiger charge is 2.09. The number of aryl methyl sites for hydroxylation is 1.